The van der Waals surface area contributed by atoms with E-state index in [2.05, 4.69) is 0 Å². The van der Waals surface area contributed by atoms with Crippen molar-refractivity contribution in [2.45, 2.75) is 26.8 Å². The van der Waals surface area contributed by atoms with Gasteiger partial charge in [0.05, 0.1) is 5.92 Å². The lowest BCUT2D eigenvalue weighted by Gasteiger charge is -2.08. The van der Waals surface area contributed by atoms with Crippen LogP contribution in [0.15, 0.2) is 0 Å². The van der Waals surface area contributed by atoms with Crippen LogP contribution in [0.1, 0.15) is 20.8 Å². The van der Waals surface area contributed by atoms with E-state index in [1.165, 1.54) is 0 Å². The summed E-state index contributed by atoms with van der Waals surface area (Å²) in [6, 6.07) is -0.0669. The summed E-state index contributed by atoms with van der Waals surface area (Å²) in [4.78, 5) is 10.8. The first-order valence-corrected chi connectivity index (χ1v) is 3.46. The van der Waals surface area contributed by atoms with Crippen LogP contribution in [0, 0.1) is 5.92 Å². The maximum Gasteiger partial charge on any atom is 0.308 e. The molecule has 3 nitrogen and oxygen atoms in total. The van der Waals surface area contributed by atoms with Crippen molar-refractivity contribution >= 4 is 5.97 Å². The number of hydrogen-bond acceptors (Lipinski definition) is 3. The molecule has 0 radical (unpaired) electrons. The van der Waals surface area contributed by atoms with Crippen LogP contribution in [0.3, 0.4) is 0 Å². The molecule has 0 aliphatic heterocycles. The summed E-state index contributed by atoms with van der Waals surface area (Å²) in [5, 5.41) is 0. The molecule has 0 aliphatic rings. The summed E-state index contributed by atoms with van der Waals surface area (Å²) in [7, 11) is 0. The van der Waals surface area contributed by atoms with Crippen LogP contribution in [0.4, 0.5) is 0 Å². The predicted octanol–water partition coefficient (Wildman–Crippen LogP) is 0.533. The molecule has 0 spiro atoms. The molecule has 1 unspecified atom stereocenters. The third kappa shape index (κ3) is 4.32. The van der Waals surface area contributed by atoms with E-state index >= 15 is 0 Å². The number of rotatable bonds is 3. The van der Waals surface area contributed by atoms with Gasteiger partial charge in [0.25, 0.3) is 0 Å². The monoisotopic (exact) mass is 145 g/mol. The fraction of sp³-hybridized carbons (Fsp3) is 0.857. The van der Waals surface area contributed by atoms with Crippen molar-refractivity contribution in [1.82, 2.24) is 0 Å². The molecule has 1 atom stereocenters. The average Bonchev–Trinajstić information content (AvgIpc) is 1.82. The van der Waals surface area contributed by atoms with Gasteiger partial charge < -0.3 is 10.5 Å². The van der Waals surface area contributed by atoms with Crippen LogP contribution < -0.4 is 5.73 Å². The molecule has 0 fully saturated rings. The van der Waals surface area contributed by atoms with E-state index in [4.69, 9.17) is 10.5 Å². The van der Waals surface area contributed by atoms with Crippen molar-refractivity contribution in [3.8, 4) is 0 Å². The highest BCUT2D eigenvalue weighted by molar-refractivity contribution is 5.71. The Morgan fingerprint density at radius 3 is 2.30 bits per heavy atom. The van der Waals surface area contributed by atoms with Gasteiger partial charge in [0, 0.05) is 6.04 Å². The van der Waals surface area contributed by atoms with Crippen molar-refractivity contribution < 1.29 is 9.53 Å². The van der Waals surface area contributed by atoms with E-state index in [-0.39, 0.29) is 17.9 Å². The first kappa shape index (κ1) is 9.43. The Morgan fingerprint density at radius 1 is 1.50 bits per heavy atom. The van der Waals surface area contributed by atoms with Gasteiger partial charge in [-0.1, -0.05) is 13.8 Å². The smallest absolute Gasteiger partial charge is 0.308 e. The highest BCUT2D eigenvalue weighted by Crippen LogP contribution is 1.95. The second-order valence-corrected chi connectivity index (χ2v) is 2.76. The fourth-order valence-corrected chi connectivity index (χ4v) is 0.380. The quantitative estimate of drug-likeness (QED) is 0.589. The van der Waals surface area contributed by atoms with Crippen LogP contribution in [-0.4, -0.2) is 18.6 Å². The molecule has 0 aromatic rings. The molecular formula is C7H15NO2. The predicted molar refractivity (Wildman–Crippen MR) is 39.4 cm³/mol. The summed E-state index contributed by atoms with van der Waals surface area (Å²) < 4.78 is 4.80. The van der Waals surface area contributed by atoms with Gasteiger partial charge in [-0.2, -0.15) is 0 Å². The zero-order valence-electron chi connectivity index (χ0n) is 6.76. The van der Waals surface area contributed by atoms with Gasteiger partial charge >= 0.3 is 5.97 Å². The standard InChI is InChI=1S/C7H15NO2/c1-5(2)7(9)10-4-6(3)8/h5-6H,4,8H2,1-3H3. The lowest BCUT2D eigenvalue weighted by molar-refractivity contribution is -0.147. The Kier molecular flexibility index (Phi) is 4.03. The van der Waals surface area contributed by atoms with Gasteiger partial charge in [-0.25, -0.2) is 0 Å². The van der Waals surface area contributed by atoms with E-state index in [0.717, 1.165) is 0 Å². The molecule has 0 amide bonds. The second-order valence-electron chi connectivity index (χ2n) is 2.76. The SMILES string of the molecule is CC(N)COC(=O)C(C)C. The summed E-state index contributed by atoms with van der Waals surface area (Å²) in [5.74, 6) is -0.240. The lowest BCUT2D eigenvalue weighted by Crippen LogP contribution is -2.25. The minimum atomic E-state index is -0.183. The molecule has 0 saturated heterocycles. The molecule has 0 bridgehead atoms. The van der Waals surface area contributed by atoms with Crippen LogP contribution >= 0.6 is 0 Å². The normalized spacial score (nSPS) is 13.3. The molecule has 3 heteroatoms. The fourth-order valence-electron chi connectivity index (χ4n) is 0.380. The lowest BCUT2D eigenvalue weighted by atomic mass is 10.2. The maximum absolute atomic E-state index is 10.8. The zero-order valence-corrected chi connectivity index (χ0v) is 6.76. The Morgan fingerprint density at radius 2 is 2.00 bits per heavy atom. The van der Waals surface area contributed by atoms with Crippen LogP contribution in [0.25, 0.3) is 0 Å². The summed E-state index contributed by atoms with van der Waals surface area (Å²) >= 11 is 0. The highest BCUT2D eigenvalue weighted by atomic mass is 16.5. The summed E-state index contributed by atoms with van der Waals surface area (Å²) in [5.41, 5.74) is 5.36. The van der Waals surface area contributed by atoms with Gasteiger partial charge in [0.2, 0.25) is 0 Å². The van der Waals surface area contributed by atoms with Gasteiger partial charge in [0.15, 0.2) is 0 Å². The Bertz CT molecular complexity index is 110. The minimum Gasteiger partial charge on any atom is -0.464 e. The first-order valence-electron chi connectivity index (χ1n) is 3.46. The Hall–Kier alpha value is -0.570. The van der Waals surface area contributed by atoms with Crippen molar-refractivity contribution in [2.75, 3.05) is 6.61 Å². The third-order valence-electron chi connectivity index (χ3n) is 0.960. The van der Waals surface area contributed by atoms with E-state index in [1.807, 2.05) is 0 Å². The average molecular weight is 145 g/mol. The topological polar surface area (TPSA) is 52.3 Å². The molecule has 0 aliphatic carbocycles. The van der Waals surface area contributed by atoms with Crippen molar-refractivity contribution in [1.29, 1.82) is 0 Å². The van der Waals surface area contributed by atoms with E-state index in [9.17, 15) is 4.79 Å². The van der Waals surface area contributed by atoms with Crippen molar-refractivity contribution in [2.24, 2.45) is 11.7 Å². The van der Waals surface area contributed by atoms with Crippen LogP contribution in [-0.2, 0) is 9.53 Å². The van der Waals surface area contributed by atoms with E-state index < -0.39 is 0 Å². The van der Waals surface area contributed by atoms with E-state index in [0.29, 0.717) is 6.61 Å². The molecule has 0 heterocycles. The molecule has 0 aromatic carbocycles. The van der Waals surface area contributed by atoms with E-state index in [1.54, 1.807) is 20.8 Å². The number of carbonyl (C=O) groups is 1. The molecule has 0 aromatic heterocycles. The molecule has 10 heavy (non-hydrogen) atoms. The molecular weight excluding hydrogens is 130 g/mol. The Labute approximate surface area is 61.5 Å². The van der Waals surface area contributed by atoms with Gasteiger partial charge in [-0.3, -0.25) is 4.79 Å². The van der Waals surface area contributed by atoms with Gasteiger partial charge in [-0.05, 0) is 6.92 Å². The number of hydrogen-bond donors (Lipinski definition) is 1. The first-order chi connectivity index (χ1) is 4.54. The summed E-state index contributed by atoms with van der Waals surface area (Å²) in [6.45, 7) is 5.71. The maximum atomic E-state index is 10.8. The van der Waals surface area contributed by atoms with Crippen LogP contribution in [0.2, 0.25) is 0 Å². The van der Waals surface area contributed by atoms with Crippen LogP contribution in [0.5, 0.6) is 0 Å². The largest absolute Gasteiger partial charge is 0.464 e. The molecule has 0 saturated carbocycles. The molecule has 60 valence electrons. The van der Waals surface area contributed by atoms with Gasteiger partial charge in [0.1, 0.15) is 6.61 Å². The summed E-state index contributed by atoms with van der Waals surface area (Å²) in [6.07, 6.45) is 0. The number of esters is 1. The Balaban J connectivity index is 3.40. The molecule has 0 rings (SSSR count). The van der Waals surface area contributed by atoms with Crippen molar-refractivity contribution in [3.05, 3.63) is 0 Å². The highest BCUT2D eigenvalue weighted by Gasteiger charge is 2.08. The zero-order chi connectivity index (χ0) is 8.15. The second kappa shape index (κ2) is 4.28. The number of nitrogens with two attached hydrogens (primary N) is 1. The molecule has 2 N–H and O–H groups in total. The third-order valence-corrected chi connectivity index (χ3v) is 0.960. The number of ether oxygens (including phenoxy) is 1. The minimum absolute atomic E-state index is 0.0567. The van der Waals surface area contributed by atoms with Gasteiger partial charge in [-0.15, -0.1) is 0 Å². The number of carbonyl (C=O) groups excluding carboxylic acids is 1. The van der Waals surface area contributed by atoms with Crippen molar-refractivity contribution in [3.63, 3.8) is 0 Å².